The predicted octanol–water partition coefficient (Wildman–Crippen LogP) is 1.66. The van der Waals surface area contributed by atoms with Crippen LogP contribution in [0.15, 0.2) is 24.3 Å². The first-order valence-electron chi connectivity index (χ1n) is 7.37. The van der Waals surface area contributed by atoms with Gasteiger partial charge < -0.3 is 15.3 Å². The summed E-state index contributed by atoms with van der Waals surface area (Å²) < 4.78 is 0. The number of rotatable bonds is 5. The number of carbonyl (C=O) groups excluding carboxylic acids is 1. The summed E-state index contributed by atoms with van der Waals surface area (Å²) in [5.41, 5.74) is 1.71. The van der Waals surface area contributed by atoms with Crippen LogP contribution < -0.4 is 5.32 Å². The number of hydrogen-bond donors (Lipinski definition) is 2. The molecule has 1 heterocycles. The number of likely N-dealkylation sites (tertiary alicyclic amines) is 1. The summed E-state index contributed by atoms with van der Waals surface area (Å²) in [5, 5.41) is 11.8. The van der Waals surface area contributed by atoms with E-state index in [1.165, 1.54) is 0 Å². The van der Waals surface area contributed by atoms with Crippen LogP contribution in [-0.2, 0) is 4.79 Å². The number of carboxylic acids is 1. The number of nitrogens with zero attached hydrogens (tertiary/aromatic N) is 1. The van der Waals surface area contributed by atoms with Gasteiger partial charge in [-0.1, -0.05) is 18.2 Å². The van der Waals surface area contributed by atoms with Crippen LogP contribution in [0.5, 0.6) is 0 Å². The summed E-state index contributed by atoms with van der Waals surface area (Å²) in [6.45, 7) is 4.20. The molecule has 2 N–H and O–H groups in total. The first-order chi connectivity index (χ1) is 10.1. The minimum absolute atomic E-state index is 0.0166. The molecule has 1 fully saturated rings. The van der Waals surface area contributed by atoms with Crippen molar-refractivity contribution in [3.8, 4) is 0 Å². The lowest BCUT2D eigenvalue weighted by Crippen LogP contribution is -2.45. The van der Waals surface area contributed by atoms with E-state index in [9.17, 15) is 9.59 Å². The number of nitrogens with one attached hydrogen (secondary N) is 1. The van der Waals surface area contributed by atoms with Gasteiger partial charge in [0.25, 0.3) is 5.91 Å². The Labute approximate surface area is 125 Å². The molecule has 5 heteroatoms. The number of amides is 1. The Morgan fingerprint density at radius 2 is 1.95 bits per heavy atom. The molecule has 1 aromatic rings. The Bertz CT molecular complexity index is 508. The van der Waals surface area contributed by atoms with Crippen LogP contribution in [0.25, 0.3) is 0 Å². The lowest BCUT2D eigenvalue weighted by atomic mass is 10.0. The van der Waals surface area contributed by atoms with Crippen LogP contribution in [-0.4, -0.2) is 47.6 Å². The molecule has 0 atom stereocenters. The highest BCUT2D eigenvalue weighted by molar-refractivity contribution is 5.95. The third-order valence-corrected chi connectivity index (χ3v) is 3.95. The van der Waals surface area contributed by atoms with Crippen LogP contribution in [0.2, 0.25) is 0 Å². The SMILES string of the molecule is Cc1ccccc1C(=O)NC1CCN(CCC(=O)O)CC1. The van der Waals surface area contributed by atoms with E-state index < -0.39 is 5.97 Å². The molecule has 1 amide bonds. The second kappa shape index (κ2) is 7.22. The first kappa shape index (κ1) is 15.5. The molecule has 0 radical (unpaired) electrons. The van der Waals surface area contributed by atoms with Gasteiger partial charge in [-0.3, -0.25) is 9.59 Å². The fourth-order valence-electron chi connectivity index (χ4n) is 2.65. The lowest BCUT2D eigenvalue weighted by Gasteiger charge is -2.32. The lowest BCUT2D eigenvalue weighted by molar-refractivity contribution is -0.137. The summed E-state index contributed by atoms with van der Waals surface area (Å²) >= 11 is 0. The minimum Gasteiger partial charge on any atom is -0.481 e. The van der Waals surface area contributed by atoms with Crippen molar-refractivity contribution in [1.29, 1.82) is 0 Å². The molecule has 0 spiro atoms. The zero-order chi connectivity index (χ0) is 15.2. The molecule has 0 aliphatic carbocycles. The third-order valence-electron chi connectivity index (χ3n) is 3.95. The molecular weight excluding hydrogens is 268 g/mol. The van der Waals surface area contributed by atoms with E-state index in [-0.39, 0.29) is 18.4 Å². The number of carboxylic acid groups (broad SMARTS) is 1. The molecule has 1 aromatic carbocycles. The zero-order valence-corrected chi connectivity index (χ0v) is 12.3. The van der Waals surface area contributed by atoms with Crippen molar-refractivity contribution in [3.63, 3.8) is 0 Å². The molecule has 2 rings (SSSR count). The maximum absolute atomic E-state index is 12.2. The monoisotopic (exact) mass is 290 g/mol. The Morgan fingerprint density at radius 1 is 1.29 bits per heavy atom. The Morgan fingerprint density at radius 3 is 2.57 bits per heavy atom. The van der Waals surface area contributed by atoms with Gasteiger partial charge in [0.05, 0.1) is 6.42 Å². The molecule has 1 saturated heterocycles. The molecule has 0 saturated carbocycles. The molecule has 0 unspecified atom stereocenters. The average molecular weight is 290 g/mol. The first-order valence-corrected chi connectivity index (χ1v) is 7.37. The van der Waals surface area contributed by atoms with E-state index >= 15 is 0 Å². The van der Waals surface area contributed by atoms with Crippen LogP contribution in [0.1, 0.15) is 35.2 Å². The van der Waals surface area contributed by atoms with E-state index in [4.69, 9.17) is 5.11 Å². The standard InChI is InChI=1S/C16H22N2O3/c1-12-4-2-3-5-14(12)16(21)17-13-6-9-18(10-7-13)11-8-15(19)20/h2-5,13H,6-11H2,1H3,(H,17,21)(H,19,20). The number of benzene rings is 1. The number of aliphatic carboxylic acids is 1. The van der Waals surface area contributed by atoms with Crippen LogP contribution in [0.4, 0.5) is 0 Å². The fraction of sp³-hybridized carbons (Fsp3) is 0.500. The molecule has 1 aliphatic heterocycles. The van der Waals surface area contributed by atoms with Crippen LogP contribution in [0.3, 0.4) is 0 Å². The highest BCUT2D eigenvalue weighted by Crippen LogP contribution is 2.13. The molecular formula is C16H22N2O3. The van der Waals surface area contributed by atoms with Gasteiger partial charge in [0.2, 0.25) is 0 Å². The van der Waals surface area contributed by atoms with Crippen LogP contribution in [0, 0.1) is 6.92 Å². The highest BCUT2D eigenvalue weighted by Gasteiger charge is 2.21. The quantitative estimate of drug-likeness (QED) is 0.865. The van der Waals surface area contributed by atoms with Gasteiger partial charge in [-0.15, -0.1) is 0 Å². The second-order valence-corrected chi connectivity index (χ2v) is 5.55. The number of piperidine rings is 1. The number of aryl methyl sites for hydroxylation is 1. The van der Waals surface area contributed by atoms with Crippen molar-refractivity contribution >= 4 is 11.9 Å². The van der Waals surface area contributed by atoms with Gasteiger partial charge >= 0.3 is 5.97 Å². The van der Waals surface area contributed by atoms with E-state index in [1.807, 2.05) is 31.2 Å². The van der Waals surface area contributed by atoms with E-state index in [2.05, 4.69) is 10.2 Å². The highest BCUT2D eigenvalue weighted by atomic mass is 16.4. The normalized spacial score (nSPS) is 16.6. The fourth-order valence-corrected chi connectivity index (χ4v) is 2.65. The van der Waals surface area contributed by atoms with Crippen LogP contribution >= 0.6 is 0 Å². The molecule has 1 aliphatic rings. The number of carbonyl (C=O) groups is 2. The Balaban J connectivity index is 1.80. The molecule has 114 valence electrons. The van der Waals surface area contributed by atoms with Gasteiger partial charge in [-0.25, -0.2) is 0 Å². The Kier molecular flexibility index (Phi) is 5.33. The van der Waals surface area contributed by atoms with Gasteiger partial charge in [0, 0.05) is 31.2 Å². The van der Waals surface area contributed by atoms with Crippen molar-refractivity contribution in [3.05, 3.63) is 35.4 Å². The summed E-state index contributed by atoms with van der Waals surface area (Å²) in [7, 11) is 0. The average Bonchev–Trinajstić information content (AvgIpc) is 2.47. The van der Waals surface area contributed by atoms with Gasteiger partial charge in [-0.05, 0) is 31.4 Å². The predicted molar refractivity (Wildman–Crippen MR) is 80.4 cm³/mol. The summed E-state index contributed by atoms with van der Waals surface area (Å²) in [6.07, 6.45) is 1.93. The molecule has 5 nitrogen and oxygen atoms in total. The summed E-state index contributed by atoms with van der Waals surface area (Å²) in [6, 6.07) is 7.75. The van der Waals surface area contributed by atoms with Crippen molar-refractivity contribution < 1.29 is 14.7 Å². The topological polar surface area (TPSA) is 69.6 Å². The van der Waals surface area contributed by atoms with Crippen molar-refractivity contribution in [2.75, 3.05) is 19.6 Å². The maximum Gasteiger partial charge on any atom is 0.304 e. The maximum atomic E-state index is 12.2. The van der Waals surface area contributed by atoms with E-state index in [0.29, 0.717) is 6.54 Å². The van der Waals surface area contributed by atoms with Crippen molar-refractivity contribution in [2.45, 2.75) is 32.2 Å². The van der Waals surface area contributed by atoms with Gasteiger partial charge in [-0.2, -0.15) is 0 Å². The minimum atomic E-state index is -0.759. The van der Waals surface area contributed by atoms with E-state index in [1.54, 1.807) is 0 Å². The number of hydrogen-bond acceptors (Lipinski definition) is 3. The molecule has 21 heavy (non-hydrogen) atoms. The van der Waals surface area contributed by atoms with E-state index in [0.717, 1.165) is 37.1 Å². The Hall–Kier alpha value is -1.88. The summed E-state index contributed by atoms with van der Waals surface area (Å²) in [5.74, 6) is -0.776. The largest absolute Gasteiger partial charge is 0.481 e. The summed E-state index contributed by atoms with van der Waals surface area (Å²) in [4.78, 5) is 24.9. The third kappa shape index (κ3) is 4.56. The molecule has 0 aromatic heterocycles. The van der Waals surface area contributed by atoms with Crippen molar-refractivity contribution in [2.24, 2.45) is 0 Å². The van der Waals surface area contributed by atoms with Gasteiger partial charge in [0.15, 0.2) is 0 Å². The zero-order valence-electron chi connectivity index (χ0n) is 12.3. The smallest absolute Gasteiger partial charge is 0.304 e. The molecule has 0 bridgehead atoms. The van der Waals surface area contributed by atoms with Gasteiger partial charge in [0.1, 0.15) is 0 Å². The second-order valence-electron chi connectivity index (χ2n) is 5.55. The van der Waals surface area contributed by atoms with Crippen molar-refractivity contribution in [1.82, 2.24) is 10.2 Å².